The van der Waals surface area contributed by atoms with Crippen LogP contribution in [0.2, 0.25) is 0 Å². The van der Waals surface area contributed by atoms with Gasteiger partial charge in [-0.05, 0) is 334 Å². The summed E-state index contributed by atoms with van der Waals surface area (Å²) in [5.74, 6) is -2.21. The lowest BCUT2D eigenvalue weighted by atomic mass is 9.68. The summed E-state index contributed by atoms with van der Waals surface area (Å²) in [5, 5.41) is 0. The summed E-state index contributed by atoms with van der Waals surface area (Å²) in [6.45, 7) is 11.7. The minimum atomic E-state index is -1.42. The van der Waals surface area contributed by atoms with E-state index in [0.29, 0.717) is 40.0 Å². The molecule has 110 heavy (non-hydrogen) atoms. The van der Waals surface area contributed by atoms with E-state index in [2.05, 4.69) is 46.8 Å². The third-order valence-electron chi connectivity index (χ3n) is 27.7. The fraction of sp³-hybridized carbons (Fsp3) is 0.567. The Labute approximate surface area is 660 Å². The number of rotatable bonds is 12. The molecule has 8 fully saturated rings. The van der Waals surface area contributed by atoms with E-state index in [4.69, 9.17) is 0 Å². The Kier molecular flexibility index (Phi) is 31.2. The van der Waals surface area contributed by atoms with E-state index in [1.165, 1.54) is 214 Å². The highest BCUT2D eigenvalue weighted by molar-refractivity contribution is 5.65. The second-order valence-corrected chi connectivity index (χ2v) is 35.5. The number of halogens is 13. The lowest BCUT2D eigenvalue weighted by Crippen LogP contribution is -2.24. The Morgan fingerprint density at radius 1 is 0.200 bits per heavy atom. The van der Waals surface area contributed by atoms with Gasteiger partial charge in [0.25, 0.3) is 0 Å². The second kappa shape index (κ2) is 40.6. The molecule has 0 radical (unpaired) electrons. The van der Waals surface area contributed by atoms with Crippen LogP contribution in [0.4, 0.5) is 57.1 Å². The molecule has 0 aromatic heterocycles. The van der Waals surface area contributed by atoms with Crippen molar-refractivity contribution in [3.63, 3.8) is 0 Å². The van der Waals surface area contributed by atoms with E-state index >= 15 is 0 Å². The Morgan fingerprint density at radius 3 is 0.764 bits per heavy atom. The molecule has 8 aliphatic rings. The summed E-state index contributed by atoms with van der Waals surface area (Å²) in [7, 11) is 0. The predicted molar refractivity (Wildman–Crippen MR) is 437 cm³/mol. The predicted octanol–water partition coefficient (Wildman–Crippen LogP) is 33.2. The maximum absolute atomic E-state index is 13.4. The molecular formula is C97H135F13. The van der Waals surface area contributed by atoms with Gasteiger partial charge in [-0.25, -0.2) is 57.1 Å². The van der Waals surface area contributed by atoms with E-state index in [0.717, 1.165) is 158 Å². The summed E-state index contributed by atoms with van der Waals surface area (Å²) in [4.78, 5) is 0. The molecule has 0 amide bonds. The van der Waals surface area contributed by atoms with Gasteiger partial charge in [0.05, 0.1) is 0 Å². The monoisotopic (exact) mass is 1550 g/mol. The second-order valence-electron chi connectivity index (χ2n) is 35.5. The first kappa shape index (κ1) is 84.5. The van der Waals surface area contributed by atoms with Gasteiger partial charge in [-0.2, -0.15) is 0 Å². The molecule has 0 saturated heterocycles. The summed E-state index contributed by atoms with van der Waals surface area (Å²) in [5.41, 5.74) is 7.61. The molecule has 15 rings (SSSR count). The van der Waals surface area contributed by atoms with Crippen molar-refractivity contribution < 1.29 is 68.5 Å². The molecule has 8 saturated carbocycles. The van der Waals surface area contributed by atoms with E-state index < -0.39 is 75.6 Å². The quantitative estimate of drug-likeness (QED) is 0.0845. The molecular weight excluding hydrogens is 1410 g/mol. The average Bonchev–Trinajstić information content (AvgIpc) is 0.821. The van der Waals surface area contributed by atoms with Gasteiger partial charge in [-0.15, -0.1) is 0 Å². The van der Waals surface area contributed by atoms with Gasteiger partial charge in [0, 0.05) is 11.4 Å². The van der Waals surface area contributed by atoms with Crippen molar-refractivity contribution in [3.05, 3.63) is 225 Å². The maximum atomic E-state index is 13.4. The van der Waals surface area contributed by atoms with Crippen LogP contribution in [-0.2, 0) is 0 Å². The molecule has 0 aliphatic heterocycles. The van der Waals surface area contributed by atoms with E-state index in [1.54, 1.807) is 12.1 Å². The summed E-state index contributed by atoms with van der Waals surface area (Å²) in [6, 6.07) is 31.4. The highest BCUT2D eigenvalue weighted by Crippen LogP contribution is 2.48. The van der Waals surface area contributed by atoms with Crippen LogP contribution in [0.3, 0.4) is 0 Å². The SMILES string of the molecule is CC1CCC(C2CCC(c3cc(F)c(F)c(F)c3)CC2)CC1.CC1CCC(C2CCC(c3ccc(F)c(F)c3)CC2)CC1.CC1CCC(CCC2CCC(c3cc(F)c(F)c(F)c3)CC2)CC1.CC1CCC(c2ccc(-c3cc(F)c(F)c(F)c3)cc2)CC1.CC1CCC(c2ccc(-c3ccc(F)c(F)c3)cc2)CC1.[HH].[HH].[HH].[HH].[HH].[HH].[HH].[HH]. The number of hydrogen-bond acceptors (Lipinski definition) is 0. The van der Waals surface area contributed by atoms with Gasteiger partial charge in [0.2, 0.25) is 0 Å². The summed E-state index contributed by atoms with van der Waals surface area (Å²) >= 11 is 0. The Morgan fingerprint density at radius 2 is 0.418 bits per heavy atom. The highest BCUT2D eigenvalue weighted by Gasteiger charge is 2.34. The molecule has 7 aromatic carbocycles. The molecule has 8 aliphatic carbocycles. The summed E-state index contributed by atoms with van der Waals surface area (Å²) in [6.07, 6.45) is 42.5. The van der Waals surface area contributed by atoms with Gasteiger partial charge in [0.1, 0.15) is 0 Å². The van der Waals surface area contributed by atoms with Crippen molar-refractivity contribution in [1.82, 2.24) is 0 Å². The molecule has 7 aromatic rings. The molecule has 0 atom stereocenters. The third kappa shape index (κ3) is 23.6. The standard InChI is InChI=1S/C21H29F3.C19H25F3.C19H19F3.C19H26F2.C19H20F2.8H2/c1-14-2-4-15(5-3-14)6-7-16-8-10-17(11-9-16)18-12-19(22)21(24)20(23)13-18;2*1-12-2-4-13(5-3-12)14-6-8-15(9-7-14)16-10-17(20)19(22)18(21)11-16;2*1-13-2-4-14(5-3-13)15-6-8-16(9-7-15)17-10-11-18(20)19(21)12-17;;;;;;;;/h12-17H,2-11H2,1H3;10-15H,2-9H2,1H3;6-13H,2-5H2,1H3;10-16H,2-9H2,1H3;6-14H,2-5H2,1H3;8*1H. The van der Waals surface area contributed by atoms with E-state index in [-0.39, 0.29) is 23.2 Å². The van der Waals surface area contributed by atoms with Crippen molar-refractivity contribution in [2.45, 2.75) is 283 Å². The molecule has 0 heterocycles. The maximum Gasteiger partial charge on any atom is 0.194 e. The zero-order valence-electron chi connectivity index (χ0n) is 65.7. The Balaban J connectivity index is 0.000000375. The van der Waals surface area contributed by atoms with E-state index in [1.807, 2.05) is 36.4 Å². The van der Waals surface area contributed by atoms with E-state index in [9.17, 15) is 57.1 Å². The minimum Gasteiger partial charge on any atom is -0.204 e. The third-order valence-corrected chi connectivity index (χ3v) is 27.7. The zero-order valence-corrected chi connectivity index (χ0v) is 65.7. The number of hydrogen-bond donors (Lipinski definition) is 0. The van der Waals surface area contributed by atoms with Crippen LogP contribution in [0, 0.1) is 141 Å². The molecule has 13 heteroatoms. The van der Waals surface area contributed by atoms with Gasteiger partial charge in [0.15, 0.2) is 75.6 Å². The van der Waals surface area contributed by atoms with Crippen molar-refractivity contribution >= 4 is 0 Å². The Bertz CT molecular complexity index is 3940. The minimum absolute atomic E-state index is 0. The van der Waals surface area contributed by atoms with Crippen molar-refractivity contribution in [3.8, 4) is 22.3 Å². The Hall–Kier alpha value is -6.37. The molecule has 614 valence electrons. The zero-order chi connectivity index (χ0) is 78.1. The van der Waals surface area contributed by atoms with Crippen LogP contribution < -0.4 is 0 Å². The van der Waals surface area contributed by atoms with Crippen LogP contribution in [-0.4, -0.2) is 0 Å². The lowest BCUT2D eigenvalue weighted by Gasteiger charge is -2.37. The highest BCUT2D eigenvalue weighted by atomic mass is 19.2. The fourth-order valence-electron chi connectivity index (χ4n) is 20.1. The lowest BCUT2D eigenvalue weighted by molar-refractivity contribution is 0.165. The first-order chi connectivity index (χ1) is 52.9. The molecule has 0 bridgehead atoms. The molecule has 0 N–H and O–H groups in total. The smallest absolute Gasteiger partial charge is 0.194 e. The average molecular weight is 1550 g/mol. The van der Waals surface area contributed by atoms with Crippen LogP contribution in [0.1, 0.15) is 322 Å². The van der Waals surface area contributed by atoms with Crippen LogP contribution in [0.15, 0.2) is 121 Å². The largest absolute Gasteiger partial charge is 0.204 e. The van der Waals surface area contributed by atoms with Crippen LogP contribution >= 0.6 is 0 Å². The van der Waals surface area contributed by atoms with Crippen molar-refractivity contribution in [2.75, 3.05) is 0 Å². The summed E-state index contributed by atoms with van der Waals surface area (Å²) < 4.78 is 172. The van der Waals surface area contributed by atoms with Crippen molar-refractivity contribution in [2.24, 2.45) is 65.1 Å². The molecule has 0 unspecified atom stereocenters. The normalized spacial score (nSPS) is 28.5. The first-order valence-electron chi connectivity index (χ1n) is 42.4. The van der Waals surface area contributed by atoms with Gasteiger partial charge in [-0.1, -0.05) is 185 Å². The molecule has 0 spiro atoms. The topological polar surface area (TPSA) is 0 Å². The number of benzene rings is 7. The fourth-order valence-corrected chi connectivity index (χ4v) is 20.1. The van der Waals surface area contributed by atoms with Gasteiger partial charge < -0.3 is 0 Å². The van der Waals surface area contributed by atoms with Gasteiger partial charge in [-0.3, -0.25) is 0 Å². The molecule has 0 nitrogen and oxygen atoms in total. The van der Waals surface area contributed by atoms with Crippen LogP contribution in [0.5, 0.6) is 0 Å². The first-order valence-corrected chi connectivity index (χ1v) is 42.4. The van der Waals surface area contributed by atoms with Crippen LogP contribution in [0.25, 0.3) is 22.3 Å². The van der Waals surface area contributed by atoms with Crippen molar-refractivity contribution in [1.29, 1.82) is 0 Å². The van der Waals surface area contributed by atoms with Gasteiger partial charge >= 0.3 is 0 Å².